The third-order valence-corrected chi connectivity index (χ3v) is 6.99. The average molecular weight is 393 g/mol. The Morgan fingerprint density at radius 2 is 2.07 bits per heavy atom. The molecule has 5 rings (SSSR count). The fraction of sp³-hybridized carbons (Fsp3) is 0.458. The van der Waals surface area contributed by atoms with Crippen LogP contribution >= 0.6 is 0 Å². The number of benzene rings is 2. The summed E-state index contributed by atoms with van der Waals surface area (Å²) in [7, 11) is 1.72. The highest BCUT2D eigenvalue weighted by molar-refractivity contribution is 5.82. The second-order valence-electron chi connectivity index (χ2n) is 8.36. The Morgan fingerprint density at radius 3 is 2.86 bits per heavy atom. The number of ether oxygens (including phenoxy) is 3. The Labute approximate surface area is 171 Å². The van der Waals surface area contributed by atoms with E-state index in [0.717, 1.165) is 38.0 Å². The van der Waals surface area contributed by atoms with Crippen molar-refractivity contribution in [3.63, 3.8) is 0 Å². The standard InChI is InChI=1S/C24H27NO4/c1-3-24-10-11-25(17(14-24)12-16-8-9-18(27-2)13-19(16)24)23(26)22-15-28-20-6-4-5-7-21(20)29-22/h4-9,13,17,22H,3,10-12,14-15H2,1-2H3/t17-,22?,24+/m0/s1. The van der Waals surface area contributed by atoms with Gasteiger partial charge in [-0.3, -0.25) is 4.79 Å². The highest BCUT2D eigenvalue weighted by Gasteiger charge is 2.47. The number of rotatable bonds is 3. The summed E-state index contributed by atoms with van der Waals surface area (Å²) in [6.45, 7) is 3.29. The van der Waals surface area contributed by atoms with E-state index >= 15 is 0 Å². The minimum Gasteiger partial charge on any atom is -0.497 e. The van der Waals surface area contributed by atoms with Crippen LogP contribution in [0.2, 0.25) is 0 Å². The molecule has 0 aromatic heterocycles. The fourth-order valence-electron chi connectivity index (χ4n) is 5.34. The van der Waals surface area contributed by atoms with Gasteiger partial charge in [0.05, 0.1) is 7.11 Å². The van der Waals surface area contributed by atoms with Gasteiger partial charge in [-0.2, -0.15) is 0 Å². The molecular formula is C24H27NO4. The monoisotopic (exact) mass is 393 g/mol. The maximum atomic E-state index is 13.4. The lowest BCUT2D eigenvalue weighted by Crippen LogP contribution is -2.58. The zero-order valence-corrected chi connectivity index (χ0v) is 17.0. The van der Waals surface area contributed by atoms with Gasteiger partial charge < -0.3 is 19.1 Å². The third-order valence-electron chi connectivity index (χ3n) is 6.99. The molecule has 0 radical (unpaired) electrons. The van der Waals surface area contributed by atoms with Crippen LogP contribution in [0, 0.1) is 0 Å². The number of amides is 1. The summed E-state index contributed by atoms with van der Waals surface area (Å²) in [6, 6.07) is 14.2. The van der Waals surface area contributed by atoms with E-state index in [1.54, 1.807) is 7.11 Å². The molecule has 29 heavy (non-hydrogen) atoms. The molecule has 2 aromatic rings. The smallest absolute Gasteiger partial charge is 0.267 e. The lowest BCUT2D eigenvalue weighted by atomic mass is 9.62. The molecule has 1 fully saturated rings. The first-order chi connectivity index (χ1) is 14.1. The zero-order valence-electron chi connectivity index (χ0n) is 17.0. The molecular weight excluding hydrogens is 366 g/mol. The third kappa shape index (κ3) is 2.95. The number of methoxy groups -OCH3 is 1. The number of hydrogen-bond acceptors (Lipinski definition) is 4. The van der Waals surface area contributed by atoms with Gasteiger partial charge in [-0.05, 0) is 66.5 Å². The molecule has 0 N–H and O–H groups in total. The van der Waals surface area contributed by atoms with Gasteiger partial charge in [-0.25, -0.2) is 0 Å². The Morgan fingerprint density at radius 1 is 1.24 bits per heavy atom. The molecule has 1 unspecified atom stereocenters. The molecule has 0 saturated carbocycles. The van der Waals surface area contributed by atoms with E-state index in [4.69, 9.17) is 14.2 Å². The Bertz CT molecular complexity index is 942. The van der Waals surface area contributed by atoms with Crippen LogP contribution in [-0.4, -0.2) is 43.2 Å². The molecule has 2 heterocycles. The molecule has 3 atom stereocenters. The van der Waals surface area contributed by atoms with Crippen LogP contribution in [0.5, 0.6) is 17.2 Å². The summed E-state index contributed by atoms with van der Waals surface area (Å²) >= 11 is 0. The fourth-order valence-corrected chi connectivity index (χ4v) is 5.34. The molecule has 2 aliphatic heterocycles. The number of piperidine rings is 1. The summed E-state index contributed by atoms with van der Waals surface area (Å²) in [4.78, 5) is 15.4. The largest absolute Gasteiger partial charge is 0.497 e. The topological polar surface area (TPSA) is 48.0 Å². The summed E-state index contributed by atoms with van der Waals surface area (Å²) < 4.78 is 17.3. The minimum atomic E-state index is -0.573. The molecule has 2 bridgehead atoms. The van der Waals surface area contributed by atoms with Gasteiger partial charge >= 0.3 is 0 Å². The first-order valence-corrected chi connectivity index (χ1v) is 10.5. The van der Waals surface area contributed by atoms with E-state index < -0.39 is 6.10 Å². The van der Waals surface area contributed by atoms with E-state index in [2.05, 4.69) is 19.1 Å². The van der Waals surface area contributed by atoms with Gasteiger partial charge in [0, 0.05) is 12.6 Å². The van der Waals surface area contributed by atoms with Crippen molar-refractivity contribution in [3.05, 3.63) is 53.6 Å². The number of hydrogen-bond donors (Lipinski definition) is 0. The van der Waals surface area contributed by atoms with Gasteiger partial charge in [-0.15, -0.1) is 0 Å². The predicted molar refractivity (Wildman–Crippen MR) is 110 cm³/mol. The van der Waals surface area contributed by atoms with Crippen LogP contribution in [0.1, 0.15) is 37.3 Å². The second kappa shape index (κ2) is 6.97. The van der Waals surface area contributed by atoms with Crippen LogP contribution in [0.15, 0.2) is 42.5 Å². The normalized spacial score (nSPS) is 27.2. The minimum absolute atomic E-state index is 0.0474. The highest BCUT2D eigenvalue weighted by Crippen LogP contribution is 2.48. The number of likely N-dealkylation sites (tertiary alicyclic amines) is 1. The van der Waals surface area contributed by atoms with Crippen molar-refractivity contribution in [1.82, 2.24) is 4.90 Å². The molecule has 1 saturated heterocycles. The highest BCUT2D eigenvalue weighted by atomic mass is 16.6. The molecule has 5 heteroatoms. The van der Waals surface area contributed by atoms with Crippen LogP contribution < -0.4 is 14.2 Å². The van der Waals surface area contributed by atoms with Crippen molar-refractivity contribution in [2.75, 3.05) is 20.3 Å². The Kier molecular flexibility index (Phi) is 4.41. The second-order valence-corrected chi connectivity index (χ2v) is 8.36. The Hall–Kier alpha value is -2.69. The van der Waals surface area contributed by atoms with Crippen LogP contribution in [-0.2, 0) is 16.6 Å². The SMILES string of the molecule is CC[C@]12CCN(C(=O)C3COc4ccccc4O3)[C@@H](Cc3ccc(OC)cc31)C2. The molecule has 152 valence electrons. The molecule has 1 aliphatic carbocycles. The molecule has 1 amide bonds. The quantitative estimate of drug-likeness (QED) is 0.797. The lowest BCUT2D eigenvalue weighted by molar-refractivity contribution is -0.146. The molecule has 3 aliphatic rings. The van der Waals surface area contributed by atoms with Crippen LogP contribution in [0.25, 0.3) is 0 Å². The van der Waals surface area contributed by atoms with Crippen LogP contribution in [0.3, 0.4) is 0 Å². The van der Waals surface area contributed by atoms with Gasteiger partial charge in [0.15, 0.2) is 11.5 Å². The van der Waals surface area contributed by atoms with Crippen molar-refractivity contribution >= 4 is 5.91 Å². The number of carbonyl (C=O) groups excluding carboxylic acids is 1. The maximum Gasteiger partial charge on any atom is 0.267 e. The van der Waals surface area contributed by atoms with Gasteiger partial charge in [0.2, 0.25) is 6.10 Å². The van der Waals surface area contributed by atoms with Gasteiger partial charge in [0.1, 0.15) is 12.4 Å². The van der Waals surface area contributed by atoms with E-state index in [1.165, 1.54) is 11.1 Å². The first kappa shape index (κ1) is 18.3. The molecule has 0 spiro atoms. The predicted octanol–water partition coefficient (Wildman–Crippen LogP) is 3.73. The number of carbonyl (C=O) groups is 1. The van der Waals surface area contributed by atoms with Gasteiger partial charge in [0.25, 0.3) is 5.91 Å². The Balaban J connectivity index is 1.40. The number of nitrogens with zero attached hydrogens (tertiary/aromatic N) is 1. The van der Waals surface area contributed by atoms with Crippen molar-refractivity contribution in [1.29, 1.82) is 0 Å². The summed E-state index contributed by atoms with van der Waals surface area (Å²) in [5, 5.41) is 0. The van der Waals surface area contributed by atoms with Crippen molar-refractivity contribution in [2.24, 2.45) is 0 Å². The van der Waals surface area contributed by atoms with E-state index in [-0.39, 0.29) is 24.0 Å². The van der Waals surface area contributed by atoms with E-state index in [1.807, 2.05) is 35.2 Å². The van der Waals surface area contributed by atoms with E-state index in [9.17, 15) is 4.79 Å². The number of para-hydroxylation sites is 2. The van der Waals surface area contributed by atoms with Crippen LogP contribution in [0.4, 0.5) is 0 Å². The maximum absolute atomic E-state index is 13.4. The van der Waals surface area contributed by atoms with E-state index in [0.29, 0.717) is 11.5 Å². The number of fused-ring (bicyclic) bond motifs is 5. The zero-order chi connectivity index (χ0) is 20.0. The summed E-state index contributed by atoms with van der Waals surface area (Å²) in [5.74, 6) is 2.32. The first-order valence-electron chi connectivity index (χ1n) is 10.5. The van der Waals surface area contributed by atoms with Gasteiger partial charge in [-0.1, -0.05) is 25.1 Å². The van der Waals surface area contributed by atoms with Crippen molar-refractivity contribution in [2.45, 2.75) is 50.2 Å². The van der Waals surface area contributed by atoms with Crippen molar-refractivity contribution in [3.8, 4) is 17.2 Å². The van der Waals surface area contributed by atoms with Crippen molar-refractivity contribution < 1.29 is 19.0 Å². The summed E-state index contributed by atoms with van der Waals surface area (Å²) in [5.41, 5.74) is 2.88. The lowest BCUT2D eigenvalue weighted by Gasteiger charge is -2.51. The average Bonchev–Trinajstić information content (AvgIpc) is 2.78. The molecule has 5 nitrogen and oxygen atoms in total. The summed E-state index contributed by atoms with van der Waals surface area (Å²) in [6.07, 6.45) is 3.35. The molecule has 2 aromatic carbocycles.